The highest BCUT2D eigenvalue weighted by atomic mass is 32.2. The van der Waals surface area contributed by atoms with Gasteiger partial charge in [0.25, 0.3) is 5.56 Å². The van der Waals surface area contributed by atoms with Gasteiger partial charge < -0.3 is 0 Å². The van der Waals surface area contributed by atoms with Gasteiger partial charge in [-0.1, -0.05) is 0 Å². The highest BCUT2D eigenvalue weighted by Crippen LogP contribution is 2.12. The number of benzene rings is 1. The van der Waals surface area contributed by atoms with Gasteiger partial charge in [0.05, 0.1) is 35.0 Å². The van der Waals surface area contributed by atoms with E-state index >= 15 is 0 Å². The van der Waals surface area contributed by atoms with E-state index in [-0.39, 0.29) is 22.8 Å². The Balaban J connectivity index is 2.17. The molecule has 1 aromatic heterocycles. The molecule has 7 heteroatoms. The van der Waals surface area contributed by atoms with Crippen molar-refractivity contribution in [1.82, 2.24) is 9.78 Å². The lowest BCUT2D eigenvalue weighted by Crippen LogP contribution is -2.26. The molecule has 0 radical (unpaired) electrons. The summed E-state index contributed by atoms with van der Waals surface area (Å²) in [6, 6.07) is 9.00. The van der Waals surface area contributed by atoms with Crippen LogP contribution in [0.3, 0.4) is 0 Å². The van der Waals surface area contributed by atoms with Crippen molar-refractivity contribution in [3.05, 3.63) is 58.0 Å². The Bertz CT molecular complexity index is 846. The second kappa shape index (κ2) is 5.89. The predicted molar refractivity (Wildman–Crippen MR) is 76.4 cm³/mol. The molecular weight excluding hydrogens is 290 g/mol. The first-order valence-corrected chi connectivity index (χ1v) is 7.84. The Morgan fingerprint density at radius 1 is 1.29 bits per heavy atom. The van der Waals surface area contributed by atoms with Crippen molar-refractivity contribution in [2.75, 3.05) is 5.75 Å². The lowest BCUT2D eigenvalue weighted by molar-refractivity contribution is 0.570. The van der Waals surface area contributed by atoms with Crippen LogP contribution in [-0.4, -0.2) is 24.0 Å². The van der Waals surface area contributed by atoms with Gasteiger partial charge in [-0.15, -0.1) is 0 Å². The van der Waals surface area contributed by atoms with Crippen LogP contribution in [0.4, 0.5) is 0 Å². The van der Waals surface area contributed by atoms with Crippen molar-refractivity contribution in [3.8, 4) is 6.07 Å². The molecule has 0 saturated carbocycles. The molecule has 0 fully saturated rings. The zero-order valence-corrected chi connectivity index (χ0v) is 12.2. The van der Waals surface area contributed by atoms with Gasteiger partial charge in [0.15, 0.2) is 9.84 Å². The predicted octanol–water partition coefficient (Wildman–Crippen LogP) is 0.897. The highest BCUT2D eigenvalue weighted by Gasteiger charge is 2.15. The SMILES string of the molecule is Cc1cnn(CCS(=O)(=O)c2ccc(C#N)cc2)c(=O)c1. The first-order chi connectivity index (χ1) is 9.92. The van der Waals surface area contributed by atoms with Crippen molar-refractivity contribution in [2.24, 2.45) is 0 Å². The Labute approximate surface area is 122 Å². The molecule has 1 aromatic carbocycles. The van der Waals surface area contributed by atoms with Gasteiger partial charge in [0.2, 0.25) is 0 Å². The highest BCUT2D eigenvalue weighted by molar-refractivity contribution is 7.91. The van der Waals surface area contributed by atoms with Gasteiger partial charge in [-0.3, -0.25) is 4.79 Å². The maximum atomic E-state index is 12.2. The van der Waals surface area contributed by atoms with E-state index in [4.69, 9.17) is 5.26 Å². The van der Waals surface area contributed by atoms with Gasteiger partial charge in [-0.25, -0.2) is 13.1 Å². The number of sulfone groups is 1. The topological polar surface area (TPSA) is 92.8 Å². The normalized spacial score (nSPS) is 11.0. The third kappa shape index (κ3) is 3.55. The summed E-state index contributed by atoms with van der Waals surface area (Å²) in [6.07, 6.45) is 1.51. The number of aryl methyl sites for hydroxylation is 2. The summed E-state index contributed by atoms with van der Waals surface area (Å²) < 4.78 is 25.4. The van der Waals surface area contributed by atoms with Crippen molar-refractivity contribution in [3.63, 3.8) is 0 Å². The zero-order chi connectivity index (χ0) is 15.5. The van der Waals surface area contributed by atoms with E-state index in [1.807, 2.05) is 6.07 Å². The number of nitrogens with zero attached hydrogens (tertiary/aromatic N) is 3. The first kappa shape index (κ1) is 14.9. The summed E-state index contributed by atoms with van der Waals surface area (Å²) in [5.41, 5.74) is 0.793. The maximum Gasteiger partial charge on any atom is 0.267 e. The minimum absolute atomic E-state index is 0.0125. The maximum absolute atomic E-state index is 12.2. The first-order valence-electron chi connectivity index (χ1n) is 6.19. The monoisotopic (exact) mass is 303 g/mol. The largest absolute Gasteiger partial charge is 0.268 e. The molecule has 0 bridgehead atoms. The molecular formula is C14H13N3O3S. The zero-order valence-electron chi connectivity index (χ0n) is 11.4. The third-order valence-corrected chi connectivity index (χ3v) is 4.63. The van der Waals surface area contributed by atoms with E-state index in [0.29, 0.717) is 5.56 Å². The van der Waals surface area contributed by atoms with E-state index in [1.54, 1.807) is 6.92 Å². The lowest BCUT2D eigenvalue weighted by Gasteiger charge is -2.06. The lowest BCUT2D eigenvalue weighted by atomic mass is 10.2. The summed E-state index contributed by atoms with van der Waals surface area (Å²) in [4.78, 5) is 11.8. The number of hydrogen-bond donors (Lipinski definition) is 0. The van der Waals surface area contributed by atoms with Crippen molar-refractivity contribution >= 4 is 9.84 Å². The number of aromatic nitrogens is 2. The van der Waals surface area contributed by atoms with Crippen LogP contribution in [0.5, 0.6) is 0 Å². The third-order valence-electron chi connectivity index (χ3n) is 2.92. The van der Waals surface area contributed by atoms with Gasteiger partial charge in [-0.05, 0) is 36.8 Å². The fraction of sp³-hybridized carbons (Fsp3) is 0.214. The van der Waals surface area contributed by atoms with Gasteiger partial charge in [0, 0.05) is 6.07 Å². The minimum Gasteiger partial charge on any atom is -0.268 e. The van der Waals surface area contributed by atoms with E-state index in [0.717, 1.165) is 10.2 Å². The van der Waals surface area contributed by atoms with Crippen molar-refractivity contribution < 1.29 is 8.42 Å². The van der Waals surface area contributed by atoms with Crippen molar-refractivity contribution in [1.29, 1.82) is 5.26 Å². The Hall–Kier alpha value is -2.46. The van der Waals surface area contributed by atoms with E-state index in [1.165, 1.54) is 36.5 Å². The van der Waals surface area contributed by atoms with Crippen LogP contribution in [0.1, 0.15) is 11.1 Å². The molecule has 0 aliphatic carbocycles. The van der Waals surface area contributed by atoms with E-state index in [9.17, 15) is 13.2 Å². The molecule has 0 aliphatic heterocycles. The number of nitriles is 1. The van der Waals surface area contributed by atoms with Crippen LogP contribution in [-0.2, 0) is 16.4 Å². The van der Waals surface area contributed by atoms with Crippen molar-refractivity contribution in [2.45, 2.75) is 18.4 Å². The summed E-state index contributed by atoms with van der Waals surface area (Å²) in [7, 11) is -3.52. The molecule has 0 aliphatic rings. The molecule has 0 N–H and O–H groups in total. The van der Waals surface area contributed by atoms with Crippen LogP contribution < -0.4 is 5.56 Å². The number of hydrogen-bond acceptors (Lipinski definition) is 5. The molecule has 2 aromatic rings. The smallest absolute Gasteiger partial charge is 0.267 e. The van der Waals surface area contributed by atoms with Gasteiger partial charge in [0.1, 0.15) is 0 Å². The van der Waals surface area contributed by atoms with Crippen LogP contribution >= 0.6 is 0 Å². The van der Waals surface area contributed by atoms with Crippen LogP contribution in [0, 0.1) is 18.3 Å². The summed E-state index contributed by atoms with van der Waals surface area (Å²) in [5.74, 6) is -0.227. The molecule has 0 atom stereocenters. The average molecular weight is 303 g/mol. The fourth-order valence-electron chi connectivity index (χ4n) is 1.75. The van der Waals surface area contributed by atoms with Gasteiger partial charge >= 0.3 is 0 Å². The van der Waals surface area contributed by atoms with Crippen LogP contribution in [0.2, 0.25) is 0 Å². The Morgan fingerprint density at radius 2 is 1.95 bits per heavy atom. The van der Waals surface area contributed by atoms with Gasteiger partial charge in [-0.2, -0.15) is 10.4 Å². The molecule has 1 heterocycles. The molecule has 0 unspecified atom stereocenters. The average Bonchev–Trinajstić information content (AvgIpc) is 2.46. The fourth-order valence-corrected chi connectivity index (χ4v) is 2.95. The second-order valence-electron chi connectivity index (χ2n) is 4.55. The molecule has 0 amide bonds. The minimum atomic E-state index is -3.52. The molecule has 21 heavy (non-hydrogen) atoms. The summed E-state index contributed by atoms with van der Waals surface area (Å²) in [5, 5.41) is 12.6. The molecule has 0 spiro atoms. The molecule has 0 saturated heterocycles. The Morgan fingerprint density at radius 3 is 2.52 bits per heavy atom. The standard InChI is InChI=1S/C14H13N3O3S/c1-11-8-14(18)17(16-10-11)6-7-21(19,20)13-4-2-12(9-15)3-5-13/h2-5,8,10H,6-7H2,1H3. The summed E-state index contributed by atoms with van der Waals surface area (Å²) in [6.45, 7) is 1.73. The quantitative estimate of drug-likeness (QED) is 0.836. The van der Waals surface area contributed by atoms with E-state index < -0.39 is 9.84 Å². The molecule has 6 nitrogen and oxygen atoms in total. The summed E-state index contributed by atoms with van der Waals surface area (Å²) >= 11 is 0. The number of rotatable bonds is 4. The van der Waals surface area contributed by atoms with Crippen LogP contribution in [0.15, 0.2) is 46.2 Å². The Kier molecular flexibility index (Phi) is 4.19. The molecule has 2 rings (SSSR count). The van der Waals surface area contributed by atoms with Crippen LogP contribution in [0.25, 0.3) is 0 Å². The second-order valence-corrected chi connectivity index (χ2v) is 6.66. The molecule has 108 valence electrons. The van der Waals surface area contributed by atoms with E-state index in [2.05, 4.69) is 5.10 Å².